The number of ether oxygens (including phenoxy) is 1. The molecule has 0 aliphatic heterocycles. The lowest BCUT2D eigenvalue weighted by Gasteiger charge is -2.45. The maximum atomic E-state index is 14.0. The highest BCUT2D eigenvalue weighted by Gasteiger charge is 2.58. The second kappa shape index (κ2) is 12.1. The van der Waals surface area contributed by atoms with Crippen molar-refractivity contribution in [1.82, 2.24) is 0 Å². The highest BCUT2D eigenvalue weighted by molar-refractivity contribution is 6.99. The van der Waals surface area contributed by atoms with Gasteiger partial charge in [-0.15, -0.1) is 0 Å². The van der Waals surface area contributed by atoms with Gasteiger partial charge in [0.25, 0.3) is 8.32 Å². The normalized spacial score (nSPS) is 24.7. The van der Waals surface area contributed by atoms with Crippen molar-refractivity contribution in [2.75, 3.05) is 13.2 Å². The third kappa shape index (κ3) is 5.61. The lowest BCUT2D eigenvalue weighted by molar-refractivity contribution is -0.140. The molecule has 0 radical (unpaired) electrons. The molecule has 0 spiro atoms. The fraction of sp³-hybridized carbons (Fsp3) is 0.432. The van der Waals surface area contributed by atoms with Gasteiger partial charge < -0.3 is 9.16 Å². The highest BCUT2D eigenvalue weighted by Crippen LogP contribution is 2.59. The molecule has 0 saturated heterocycles. The van der Waals surface area contributed by atoms with Gasteiger partial charge in [-0.1, -0.05) is 119 Å². The zero-order valence-electron chi connectivity index (χ0n) is 25.3. The van der Waals surface area contributed by atoms with Crippen molar-refractivity contribution in [3.8, 4) is 5.75 Å². The third-order valence-electron chi connectivity index (χ3n) is 9.72. The Balaban J connectivity index is 1.41. The summed E-state index contributed by atoms with van der Waals surface area (Å²) in [5, 5.41) is 2.52. The van der Waals surface area contributed by atoms with Gasteiger partial charge in [-0.3, -0.25) is 4.79 Å². The summed E-state index contributed by atoms with van der Waals surface area (Å²) < 4.78 is 13.5. The Bertz CT molecular complexity index is 1280. The SMILES string of the molecule is C=C1C[C@@H]2C[C@@H](C)CC(=O)[C@]2(CCCO[Si](c2ccccc2)(c2ccccc2)C(C)(C)C)[C@H]1COc1ccccc1. The molecule has 0 amide bonds. The van der Waals surface area contributed by atoms with E-state index < -0.39 is 13.7 Å². The van der Waals surface area contributed by atoms with Crippen LogP contribution in [0.2, 0.25) is 5.04 Å². The summed E-state index contributed by atoms with van der Waals surface area (Å²) in [4.78, 5) is 14.0. The molecule has 2 aliphatic rings. The minimum absolute atomic E-state index is 0.0422. The van der Waals surface area contributed by atoms with Crippen LogP contribution in [0.25, 0.3) is 0 Å². The zero-order chi connectivity index (χ0) is 29.1. The molecule has 2 saturated carbocycles. The van der Waals surface area contributed by atoms with Gasteiger partial charge in [0.1, 0.15) is 11.5 Å². The fourth-order valence-electron chi connectivity index (χ4n) is 7.91. The lowest BCUT2D eigenvalue weighted by atomic mass is 9.59. The number of hydrogen-bond acceptors (Lipinski definition) is 3. The van der Waals surface area contributed by atoms with Crippen molar-refractivity contribution in [2.45, 2.75) is 64.8 Å². The molecule has 2 fully saturated rings. The minimum Gasteiger partial charge on any atom is -0.493 e. The van der Waals surface area contributed by atoms with Crippen LogP contribution >= 0.6 is 0 Å². The van der Waals surface area contributed by atoms with Crippen molar-refractivity contribution >= 4 is 24.5 Å². The van der Waals surface area contributed by atoms with Crippen LogP contribution in [0.4, 0.5) is 0 Å². The molecule has 4 heteroatoms. The average Bonchev–Trinajstić information content (AvgIpc) is 3.23. The van der Waals surface area contributed by atoms with Gasteiger partial charge in [0, 0.05) is 24.4 Å². The standard InChI is InChI=1S/C37H46O3Si/c1-28-24-30-26-29(2)34(27-39-31-16-9-6-10-17-31)37(30,35(38)25-28)22-15-23-40-41(36(3,4)5,32-18-11-7-12-19-32)33-20-13-8-14-21-33/h6-14,16-21,28,30,34H,2,15,22-27H2,1,3-5H3/t28-,30+,34+,37+/m1/s1. The number of para-hydroxylation sites is 1. The van der Waals surface area contributed by atoms with E-state index in [4.69, 9.17) is 9.16 Å². The van der Waals surface area contributed by atoms with Crippen molar-refractivity contribution in [1.29, 1.82) is 0 Å². The largest absolute Gasteiger partial charge is 0.493 e. The van der Waals surface area contributed by atoms with Gasteiger partial charge in [-0.05, 0) is 65.1 Å². The van der Waals surface area contributed by atoms with Gasteiger partial charge in [-0.2, -0.15) is 0 Å². The van der Waals surface area contributed by atoms with Crippen LogP contribution in [0.3, 0.4) is 0 Å². The van der Waals surface area contributed by atoms with E-state index in [0.717, 1.165) is 31.4 Å². The molecule has 3 aromatic carbocycles. The molecule has 0 unspecified atom stereocenters. The number of Topliss-reactive ketones (excluding diaryl/α,β-unsaturated/α-hetero) is 1. The van der Waals surface area contributed by atoms with E-state index in [0.29, 0.717) is 37.3 Å². The Morgan fingerprint density at radius 2 is 1.44 bits per heavy atom. The van der Waals surface area contributed by atoms with Crippen molar-refractivity contribution in [3.05, 3.63) is 103 Å². The smallest absolute Gasteiger partial charge is 0.261 e. The Morgan fingerprint density at radius 3 is 2.00 bits per heavy atom. The number of rotatable bonds is 10. The Kier molecular flexibility index (Phi) is 8.72. The van der Waals surface area contributed by atoms with Gasteiger partial charge in [-0.25, -0.2) is 0 Å². The second-order valence-electron chi connectivity index (χ2n) is 13.4. The van der Waals surface area contributed by atoms with Crippen LogP contribution in [0.5, 0.6) is 5.75 Å². The molecule has 5 rings (SSSR count). The van der Waals surface area contributed by atoms with Gasteiger partial charge in [0.05, 0.1) is 6.61 Å². The third-order valence-corrected chi connectivity index (χ3v) is 14.8. The van der Waals surface area contributed by atoms with E-state index in [1.165, 1.54) is 15.9 Å². The molecular formula is C37H46O3Si. The van der Waals surface area contributed by atoms with Crippen LogP contribution in [0, 0.1) is 23.2 Å². The predicted octanol–water partition coefficient (Wildman–Crippen LogP) is 7.60. The average molecular weight is 567 g/mol. The lowest BCUT2D eigenvalue weighted by Crippen LogP contribution is -2.66. The van der Waals surface area contributed by atoms with Crippen molar-refractivity contribution in [3.63, 3.8) is 0 Å². The predicted molar refractivity (Wildman–Crippen MR) is 171 cm³/mol. The van der Waals surface area contributed by atoms with E-state index >= 15 is 0 Å². The first-order valence-electron chi connectivity index (χ1n) is 15.3. The number of ketones is 1. The molecule has 216 valence electrons. The summed E-state index contributed by atoms with van der Waals surface area (Å²) in [5.74, 6) is 2.07. The molecule has 0 aromatic heterocycles. The molecule has 0 N–H and O–H groups in total. The van der Waals surface area contributed by atoms with Gasteiger partial charge in [0.15, 0.2) is 0 Å². The molecule has 4 atom stereocenters. The van der Waals surface area contributed by atoms with E-state index in [-0.39, 0.29) is 11.0 Å². The number of benzene rings is 3. The first kappa shape index (κ1) is 29.5. The van der Waals surface area contributed by atoms with Crippen LogP contribution in [-0.2, 0) is 9.22 Å². The fourth-order valence-corrected chi connectivity index (χ4v) is 12.5. The molecular weight excluding hydrogens is 520 g/mol. The van der Waals surface area contributed by atoms with Crippen molar-refractivity contribution in [2.24, 2.45) is 23.2 Å². The number of carbonyl (C=O) groups excluding carboxylic acids is 1. The summed E-state index contributed by atoms with van der Waals surface area (Å²) in [7, 11) is -2.62. The van der Waals surface area contributed by atoms with Gasteiger partial charge in [0.2, 0.25) is 0 Å². The Labute approximate surface area is 248 Å². The second-order valence-corrected chi connectivity index (χ2v) is 17.7. The molecule has 3 aromatic rings. The summed E-state index contributed by atoms with van der Waals surface area (Å²) in [6, 6.07) is 31.6. The van der Waals surface area contributed by atoms with Gasteiger partial charge >= 0.3 is 0 Å². The summed E-state index contributed by atoms with van der Waals surface area (Å²) in [6.07, 6.45) is 4.33. The molecule has 2 aliphatic carbocycles. The molecule has 41 heavy (non-hydrogen) atoms. The van der Waals surface area contributed by atoms with Crippen molar-refractivity contribution < 1.29 is 14.0 Å². The monoisotopic (exact) mass is 566 g/mol. The van der Waals surface area contributed by atoms with E-state index in [1.807, 2.05) is 30.3 Å². The van der Waals surface area contributed by atoms with Crippen LogP contribution in [-0.4, -0.2) is 27.3 Å². The van der Waals surface area contributed by atoms with E-state index in [9.17, 15) is 4.79 Å². The first-order valence-corrected chi connectivity index (χ1v) is 17.2. The Morgan fingerprint density at radius 1 is 0.878 bits per heavy atom. The van der Waals surface area contributed by atoms with Crippen LogP contribution in [0.1, 0.15) is 59.8 Å². The van der Waals surface area contributed by atoms with Crippen LogP contribution in [0.15, 0.2) is 103 Å². The Hall–Kier alpha value is -2.95. The summed E-state index contributed by atoms with van der Waals surface area (Å²) >= 11 is 0. The van der Waals surface area contributed by atoms with Crippen LogP contribution < -0.4 is 15.1 Å². The maximum absolute atomic E-state index is 14.0. The molecule has 0 bridgehead atoms. The quantitative estimate of drug-likeness (QED) is 0.144. The number of hydrogen-bond donors (Lipinski definition) is 0. The number of carbonyl (C=O) groups is 1. The zero-order valence-corrected chi connectivity index (χ0v) is 26.3. The molecule has 0 heterocycles. The number of fused-ring (bicyclic) bond motifs is 1. The van der Waals surface area contributed by atoms with E-state index in [2.05, 4.69) is 94.9 Å². The highest BCUT2D eigenvalue weighted by atomic mass is 28.4. The molecule has 3 nitrogen and oxygen atoms in total. The summed E-state index contributed by atoms with van der Waals surface area (Å²) in [5.41, 5.74) is 0.772. The maximum Gasteiger partial charge on any atom is 0.261 e. The topological polar surface area (TPSA) is 35.5 Å². The summed E-state index contributed by atoms with van der Waals surface area (Å²) in [6.45, 7) is 14.8. The minimum atomic E-state index is -2.62. The first-order chi connectivity index (χ1) is 19.7. The van der Waals surface area contributed by atoms with E-state index in [1.54, 1.807) is 0 Å².